The average molecular weight is 521 g/mol. The van der Waals surface area contributed by atoms with Crippen LogP contribution in [0, 0.1) is 6.92 Å². The van der Waals surface area contributed by atoms with E-state index in [9.17, 15) is 9.59 Å². The second kappa shape index (κ2) is 10.5. The van der Waals surface area contributed by atoms with Crippen molar-refractivity contribution in [2.45, 2.75) is 19.5 Å². The number of hydrogen-bond donors (Lipinski definition) is 2. The SMILES string of the molecule is Cc1cc(C(=O)NC2CN=C(Nc3ccc(Oc4ccon4)cc3)N(Cc3ccc(Cl)cc3)C2=O)on1. The van der Waals surface area contributed by atoms with Crippen LogP contribution in [0.5, 0.6) is 11.6 Å². The van der Waals surface area contributed by atoms with Crippen molar-refractivity contribution in [1.82, 2.24) is 20.5 Å². The molecule has 0 saturated carbocycles. The molecule has 4 aromatic rings. The maximum atomic E-state index is 13.5. The van der Waals surface area contributed by atoms with Crippen LogP contribution in [0.15, 0.2) is 81.0 Å². The van der Waals surface area contributed by atoms with Crippen LogP contribution < -0.4 is 15.4 Å². The third-order valence-corrected chi connectivity index (χ3v) is 5.65. The van der Waals surface area contributed by atoms with Gasteiger partial charge in [-0.3, -0.25) is 14.5 Å². The summed E-state index contributed by atoms with van der Waals surface area (Å²) in [7, 11) is 0. The smallest absolute Gasteiger partial charge is 0.290 e. The lowest BCUT2D eigenvalue weighted by Crippen LogP contribution is -2.56. The first kappa shape index (κ1) is 24.1. The van der Waals surface area contributed by atoms with Crippen molar-refractivity contribution in [3.8, 4) is 11.6 Å². The van der Waals surface area contributed by atoms with Gasteiger partial charge in [0.05, 0.1) is 18.8 Å². The third-order valence-electron chi connectivity index (χ3n) is 5.40. The molecule has 12 heteroatoms. The Bertz CT molecular complexity index is 1420. The number of nitrogens with one attached hydrogen (secondary N) is 2. The fourth-order valence-corrected chi connectivity index (χ4v) is 3.71. The Labute approximate surface area is 216 Å². The van der Waals surface area contributed by atoms with E-state index in [1.165, 1.54) is 17.2 Å². The summed E-state index contributed by atoms with van der Waals surface area (Å²) in [5.74, 6) is 0.388. The molecule has 0 aliphatic carbocycles. The molecule has 1 atom stereocenters. The van der Waals surface area contributed by atoms with Crippen LogP contribution in [0.1, 0.15) is 21.8 Å². The summed E-state index contributed by atoms with van der Waals surface area (Å²) in [5, 5.41) is 13.9. The topological polar surface area (TPSA) is 135 Å². The zero-order valence-corrected chi connectivity index (χ0v) is 20.3. The first-order valence-electron chi connectivity index (χ1n) is 11.2. The molecular weight excluding hydrogens is 500 g/mol. The Morgan fingerprint density at radius 2 is 1.92 bits per heavy atom. The van der Waals surface area contributed by atoms with Gasteiger partial charge in [-0.05, 0) is 54.0 Å². The van der Waals surface area contributed by atoms with E-state index in [0.717, 1.165) is 5.56 Å². The number of aryl methyl sites for hydroxylation is 1. The summed E-state index contributed by atoms with van der Waals surface area (Å²) in [5.41, 5.74) is 2.08. The van der Waals surface area contributed by atoms with Gasteiger partial charge >= 0.3 is 0 Å². The van der Waals surface area contributed by atoms with Crippen LogP contribution in [0.3, 0.4) is 0 Å². The normalized spacial score (nSPS) is 15.3. The molecule has 37 heavy (non-hydrogen) atoms. The first-order valence-corrected chi connectivity index (χ1v) is 11.6. The summed E-state index contributed by atoms with van der Waals surface area (Å²) >= 11 is 6.02. The molecule has 0 spiro atoms. The van der Waals surface area contributed by atoms with Crippen LogP contribution in [-0.4, -0.2) is 45.6 Å². The van der Waals surface area contributed by atoms with E-state index in [4.69, 9.17) is 25.4 Å². The maximum Gasteiger partial charge on any atom is 0.290 e. The number of halogens is 1. The Morgan fingerprint density at radius 3 is 2.59 bits per heavy atom. The van der Waals surface area contributed by atoms with Gasteiger partial charge in [0, 0.05) is 22.8 Å². The van der Waals surface area contributed by atoms with E-state index in [2.05, 4.69) is 25.9 Å². The van der Waals surface area contributed by atoms with Crippen molar-refractivity contribution < 1.29 is 23.4 Å². The molecule has 2 N–H and O–H groups in total. The number of ether oxygens (including phenoxy) is 1. The second-order valence-electron chi connectivity index (χ2n) is 8.16. The Hall–Kier alpha value is -4.64. The summed E-state index contributed by atoms with van der Waals surface area (Å²) < 4.78 is 15.4. The highest BCUT2D eigenvalue weighted by atomic mass is 35.5. The number of carbonyl (C=O) groups excluding carboxylic acids is 2. The number of aliphatic imine (C=N–C) groups is 1. The van der Waals surface area contributed by atoms with Crippen LogP contribution in [0.25, 0.3) is 0 Å². The number of anilines is 1. The van der Waals surface area contributed by atoms with Gasteiger partial charge in [0.1, 0.15) is 18.1 Å². The van der Waals surface area contributed by atoms with Crippen molar-refractivity contribution in [3.05, 3.63) is 89.0 Å². The Kier molecular flexibility index (Phi) is 6.86. The van der Waals surface area contributed by atoms with Crippen LogP contribution >= 0.6 is 11.6 Å². The van der Waals surface area contributed by atoms with E-state index in [1.807, 2.05) is 12.1 Å². The molecule has 0 bridgehead atoms. The number of hydrogen-bond acceptors (Lipinski definition) is 9. The zero-order valence-electron chi connectivity index (χ0n) is 19.6. The fraction of sp³-hybridized carbons (Fsp3) is 0.160. The minimum Gasteiger partial charge on any atom is -0.436 e. The lowest BCUT2D eigenvalue weighted by molar-refractivity contribution is -0.130. The van der Waals surface area contributed by atoms with Crippen molar-refractivity contribution in [2.24, 2.45) is 4.99 Å². The molecule has 5 rings (SSSR count). The summed E-state index contributed by atoms with van der Waals surface area (Å²) in [6.45, 7) is 1.96. The van der Waals surface area contributed by atoms with Crippen molar-refractivity contribution in [2.75, 3.05) is 11.9 Å². The number of benzene rings is 2. The Balaban J connectivity index is 1.34. The molecule has 0 fully saturated rings. The monoisotopic (exact) mass is 520 g/mol. The van der Waals surface area contributed by atoms with Gasteiger partial charge in [-0.15, -0.1) is 0 Å². The van der Waals surface area contributed by atoms with Gasteiger partial charge in [-0.2, -0.15) is 0 Å². The molecule has 188 valence electrons. The summed E-state index contributed by atoms with van der Waals surface area (Å²) in [4.78, 5) is 32.1. The van der Waals surface area contributed by atoms with Crippen molar-refractivity contribution >= 4 is 35.1 Å². The number of guanidine groups is 1. The molecular formula is C25H21ClN6O5. The lowest BCUT2D eigenvalue weighted by atomic mass is 10.1. The van der Waals surface area contributed by atoms with Gasteiger partial charge in [0.25, 0.3) is 17.7 Å². The summed E-state index contributed by atoms with van der Waals surface area (Å²) in [6.07, 6.45) is 1.42. The van der Waals surface area contributed by atoms with Crippen LogP contribution in [0.2, 0.25) is 5.02 Å². The van der Waals surface area contributed by atoms with E-state index < -0.39 is 11.9 Å². The minimum atomic E-state index is -0.881. The predicted octanol–water partition coefficient (Wildman–Crippen LogP) is 4.03. The first-order chi connectivity index (χ1) is 17.9. The molecule has 2 aromatic heterocycles. The number of rotatable bonds is 7. The van der Waals surface area contributed by atoms with Crippen molar-refractivity contribution in [3.63, 3.8) is 0 Å². The number of aromatic nitrogens is 2. The standard InChI is InChI=1S/C25H21ClN6O5/c1-15-12-21(37-30-15)23(33)29-20-13-27-25(32(24(20)34)14-16-2-4-17(26)5-3-16)28-18-6-8-19(9-7-18)36-22-10-11-35-31-22/h2-12,20H,13-14H2,1H3,(H,27,28)(H,29,33). The van der Waals surface area contributed by atoms with Gasteiger partial charge in [0.15, 0.2) is 0 Å². The molecule has 2 amide bonds. The zero-order chi connectivity index (χ0) is 25.8. The lowest BCUT2D eigenvalue weighted by Gasteiger charge is -2.32. The van der Waals surface area contributed by atoms with Crippen molar-refractivity contribution in [1.29, 1.82) is 0 Å². The molecule has 0 radical (unpaired) electrons. The quantitative estimate of drug-likeness (QED) is 0.373. The van der Waals surface area contributed by atoms with Gasteiger partial charge in [0.2, 0.25) is 11.7 Å². The largest absolute Gasteiger partial charge is 0.436 e. The van der Waals surface area contributed by atoms with Gasteiger partial charge < -0.3 is 24.4 Å². The molecule has 11 nitrogen and oxygen atoms in total. The molecule has 0 saturated heterocycles. The molecule has 2 aromatic carbocycles. The fourth-order valence-electron chi connectivity index (χ4n) is 3.58. The number of amides is 2. The van der Waals surface area contributed by atoms with Gasteiger partial charge in [-0.25, -0.2) is 4.99 Å². The second-order valence-corrected chi connectivity index (χ2v) is 8.60. The summed E-state index contributed by atoms with van der Waals surface area (Å²) in [6, 6.07) is 16.4. The molecule has 1 aliphatic rings. The van der Waals surface area contributed by atoms with E-state index in [-0.39, 0.29) is 24.8 Å². The van der Waals surface area contributed by atoms with Gasteiger partial charge in [-0.1, -0.05) is 28.9 Å². The number of carbonyl (C=O) groups is 2. The minimum absolute atomic E-state index is 0.0235. The van der Waals surface area contributed by atoms with E-state index in [1.54, 1.807) is 49.4 Å². The third kappa shape index (κ3) is 5.78. The molecule has 3 heterocycles. The highest BCUT2D eigenvalue weighted by Gasteiger charge is 2.34. The van der Waals surface area contributed by atoms with Crippen LogP contribution in [0.4, 0.5) is 5.69 Å². The highest BCUT2D eigenvalue weighted by Crippen LogP contribution is 2.23. The predicted molar refractivity (Wildman–Crippen MR) is 133 cm³/mol. The Morgan fingerprint density at radius 1 is 1.14 bits per heavy atom. The molecule has 1 unspecified atom stereocenters. The maximum absolute atomic E-state index is 13.5. The van der Waals surface area contributed by atoms with E-state index >= 15 is 0 Å². The van der Waals surface area contributed by atoms with E-state index in [0.29, 0.717) is 34.0 Å². The van der Waals surface area contributed by atoms with Crippen LogP contribution in [-0.2, 0) is 11.3 Å². The number of nitrogens with zero attached hydrogens (tertiary/aromatic N) is 4. The highest BCUT2D eigenvalue weighted by molar-refractivity contribution is 6.30. The average Bonchev–Trinajstić information content (AvgIpc) is 3.57. The molecule has 1 aliphatic heterocycles.